The van der Waals surface area contributed by atoms with E-state index in [4.69, 9.17) is 9.47 Å². The molecule has 1 aliphatic heterocycles. The normalized spacial score (nSPS) is 16.6. The topological polar surface area (TPSA) is 64.1 Å². The highest BCUT2D eigenvalue weighted by Gasteiger charge is 2.15. The van der Waals surface area contributed by atoms with Crippen LogP contribution in [0.2, 0.25) is 0 Å². The third-order valence-electron chi connectivity index (χ3n) is 4.18. The van der Waals surface area contributed by atoms with Crippen molar-refractivity contribution in [2.75, 3.05) is 26.8 Å². The molecule has 0 aliphatic carbocycles. The van der Waals surface area contributed by atoms with E-state index in [0.29, 0.717) is 36.5 Å². The molecule has 9 heteroatoms. The molecular weight excluding hydrogens is 483 g/mol. The minimum absolute atomic E-state index is 0. The van der Waals surface area contributed by atoms with Crippen LogP contribution in [-0.2, 0) is 11.3 Å². The summed E-state index contributed by atoms with van der Waals surface area (Å²) in [5.74, 6) is 1.21. The third kappa shape index (κ3) is 8.76. The largest absolute Gasteiger partial charge is 0.493 e. The number of nitrogens with one attached hydrogen (secondary N) is 2. The van der Waals surface area contributed by atoms with Crippen molar-refractivity contribution >= 4 is 29.9 Å². The van der Waals surface area contributed by atoms with Crippen LogP contribution < -0.4 is 20.1 Å². The maximum atomic E-state index is 12.7. The lowest BCUT2D eigenvalue weighted by Gasteiger charge is -2.16. The fraction of sp³-hybridized carbons (Fsp3) is 0.632. The molecule has 0 saturated carbocycles. The zero-order valence-corrected chi connectivity index (χ0v) is 18.7. The van der Waals surface area contributed by atoms with Crippen molar-refractivity contribution in [2.24, 2.45) is 4.99 Å². The molecule has 2 N–H and O–H groups in total. The molecular formula is C19H30F2IN3O3. The van der Waals surface area contributed by atoms with Crippen LogP contribution in [-0.4, -0.2) is 45.5 Å². The average molecular weight is 513 g/mol. The molecule has 0 aromatic heterocycles. The van der Waals surface area contributed by atoms with E-state index in [1.807, 2.05) is 6.92 Å². The number of halogens is 3. The Morgan fingerprint density at radius 3 is 2.82 bits per heavy atom. The maximum Gasteiger partial charge on any atom is 0.387 e. The van der Waals surface area contributed by atoms with Crippen LogP contribution in [0.25, 0.3) is 0 Å². The maximum absolute atomic E-state index is 12.7. The number of hydrogen-bond donors (Lipinski definition) is 2. The van der Waals surface area contributed by atoms with E-state index in [2.05, 4.69) is 20.4 Å². The standard InChI is InChI=1S/C19H29F2N3O3.HI/c1-3-10-25-16-7-6-14(17(12-16)27-18(20)21)13-24-19(22-2)23-9-8-15-5-4-11-26-15;/h6-7,12,15,18H,3-5,8-11,13H2,1-2H3,(H2,22,23,24);1H. The first kappa shape index (κ1) is 24.7. The number of alkyl halides is 2. The van der Waals surface area contributed by atoms with E-state index in [1.54, 1.807) is 19.2 Å². The highest BCUT2D eigenvalue weighted by atomic mass is 127. The Kier molecular flexibility index (Phi) is 12.1. The van der Waals surface area contributed by atoms with Gasteiger partial charge < -0.3 is 24.8 Å². The molecule has 160 valence electrons. The quantitative estimate of drug-likeness (QED) is 0.282. The Bertz CT molecular complexity index is 600. The first-order chi connectivity index (χ1) is 13.1. The van der Waals surface area contributed by atoms with E-state index >= 15 is 0 Å². The lowest BCUT2D eigenvalue weighted by Crippen LogP contribution is -2.38. The second-order valence-electron chi connectivity index (χ2n) is 6.27. The number of ether oxygens (including phenoxy) is 3. The molecule has 28 heavy (non-hydrogen) atoms. The zero-order valence-electron chi connectivity index (χ0n) is 16.4. The molecule has 1 aromatic carbocycles. The minimum Gasteiger partial charge on any atom is -0.493 e. The molecule has 1 heterocycles. The summed E-state index contributed by atoms with van der Waals surface area (Å²) in [6, 6.07) is 4.96. The summed E-state index contributed by atoms with van der Waals surface area (Å²) in [6.07, 6.45) is 4.25. The van der Waals surface area contributed by atoms with Crippen LogP contribution in [0.5, 0.6) is 11.5 Å². The second kappa shape index (κ2) is 13.8. The molecule has 1 aromatic rings. The van der Waals surface area contributed by atoms with Crippen molar-refractivity contribution in [1.82, 2.24) is 10.6 Å². The van der Waals surface area contributed by atoms with Crippen LogP contribution in [0, 0.1) is 0 Å². The van der Waals surface area contributed by atoms with Gasteiger partial charge in [-0.15, -0.1) is 24.0 Å². The lowest BCUT2D eigenvalue weighted by molar-refractivity contribution is -0.0505. The number of guanidine groups is 1. The van der Waals surface area contributed by atoms with Gasteiger partial charge in [-0.2, -0.15) is 8.78 Å². The Balaban J connectivity index is 0.00000392. The van der Waals surface area contributed by atoms with Crippen molar-refractivity contribution in [3.05, 3.63) is 23.8 Å². The monoisotopic (exact) mass is 513 g/mol. The smallest absolute Gasteiger partial charge is 0.387 e. The van der Waals surface area contributed by atoms with Gasteiger partial charge in [0.2, 0.25) is 0 Å². The molecule has 0 spiro atoms. The minimum atomic E-state index is -2.89. The van der Waals surface area contributed by atoms with Crippen molar-refractivity contribution in [3.8, 4) is 11.5 Å². The molecule has 1 fully saturated rings. The van der Waals surface area contributed by atoms with E-state index in [-0.39, 0.29) is 29.7 Å². The summed E-state index contributed by atoms with van der Waals surface area (Å²) >= 11 is 0. The van der Waals surface area contributed by atoms with Gasteiger partial charge in [0.05, 0.1) is 12.7 Å². The van der Waals surface area contributed by atoms with Crippen LogP contribution in [0.15, 0.2) is 23.2 Å². The van der Waals surface area contributed by atoms with Crippen molar-refractivity contribution in [2.45, 2.75) is 51.9 Å². The summed E-state index contributed by atoms with van der Waals surface area (Å²) in [7, 11) is 1.67. The molecule has 0 bridgehead atoms. The molecule has 2 rings (SSSR count). The zero-order chi connectivity index (χ0) is 19.5. The van der Waals surface area contributed by atoms with Gasteiger partial charge in [-0.3, -0.25) is 4.99 Å². The summed E-state index contributed by atoms with van der Waals surface area (Å²) in [4.78, 5) is 4.16. The van der Waals surface area contributed by atoms with Gasteiger partial charge in [-0.25, -0.2) is 0 Å². The number of nitrogens with zero attached hydrogens (tertiary/aromatic N) is 1. The fourth-order valence-corrected chi connectivity index (χ4v) is 2.82. The summed E-state index contributed by atoms with van der Waals surface area (Å²) < 4.78 is 41.2. The predicted molar refractivity (Wildman–Crippen MR) is 116 cm³/mol. The Hall–Kier alpha value is -1.36. The summed E-state index contributed by atoms with van der Waals surface area (Å²) in [5, 5.41) is 6.33. The van der Waals surface area contributed by atoms with Gasteiger partial charge in [-0.05, 0) is 37.8 Å². The first-order valence-corrected chi connectivity index (χ1v) is 9.39. The van der Waals surface area contributed by atoms with Gasteiger partial charge in [0.25, 0.3) is 0 Å². The number of rotatable bonds is 10. The number of benzene rings is 1. The Morgan fingerprint density at radius 2 is 2.18 bits per heavy atom. The van der Waals surface area contributed by atoms with E-state index in [1.165, 1.54) is 6.07 Å². The molecule has 0 radical (unpaired) electrons. The predicted octanol–water partition coefficient (Wildman–Crippen LogP) is 3.93. The highest BCUT2D eigenvalue weighted by Crippen LogP contribution is 2.26. The van der Waals surface area contributed by atoms with Gasteiger partial charge in [0.15, 0.2) is 5.96 Å². The average Bonchev–Trinajstić information content (AvgIpc) is 3.16. The van der Waals surface area contributed by atoms with Crippen LogP contribution in [0.1, 0.15) is 38.2 Å². The Labute approximate surface area is 182 Å². The highest BCUT2D eigenvalue weighted by molar-refractivity contribution is 14.0. The Morgan fingerprint density at radius 1 is 1.36 bits per heavy atom. The molecule has 1 atom stereocenters. The molecule has 1 aliphatic rings. The fourth-order valence-electron chi connectivity index (χ4n) is 2.82. The van der Waals surface area contributed by atoms with Gasteiger partial charge >= 0.3 is 6.61 Å². The second-order valence-corrected chi connectivity index (χ2v) is 6.27. The molecule has 6 nitrogen and oxygen atoms in total. The van der Waals surface area contributed by atoms with Crippen molar-refractivity contribution < 1.29 is 23.0 Å². The molecule has 0 amide bonds. The van der Waals surface area contributed by atoms with Crippen LogP contribution in [0.3, 0.4) is 0 Å². The van der Waals surface area contributed by atoms with Crippen molar-refractivity contribution in [1.29, 1.82) is 0 Å². The SMILES string of the molecule is CCCOc1ccc(CNC(=NC)NCCC2CCCO2)c(OC(F)F)c1.I. The number of hydrogen-bond acceptors (Lipinski definition) is 4. The molecule has 1 unspecified atom stereocenters. The molecule has 1 saturated heterocycles. The summed E-state index contributed by atoms with van der Waals surface area (Å²) in [6.45, 7) is 1.47. The first-order valence-electron chi connectivity index (χ1n) is 9.39. The van der Waals surface area contributed by atoms with E-state index < -0.39 is 6.61 Å². The van der Waals surface area contributed by atoms with Crippen LogP contribution >= 0.6 is 24.0 Å². The van der Waals surface area contributed by atoms with Gasteiger partial charge in [-0.1, -0.05) is 6.92 Å². The van der Waals surface area contributed by atoms with E-state index in [0.717, 1.165) is 38.8 Å². The van der Waals surface area contributed by atoms with Crippen molar-refractivity contribution in [3.63, 3.8) is 0 Å². The van der Waals surface area contributed by atoms with Crippen LogP contribution in [0.4, 0.5) is 8.78 Å². The van der Waals surface area contributed by atoms with Gasteiger partial charge in [0, 0.05) is 38.4 Å². The van der Waals surface area contributed by atoms with Gasteiger partial charge in [0.1, 0.15) is 11.5 Å². The lowest BCUT2D eigenvalue weighted by atomic mass is 10.2. The summed E-state index contributed by atoms with van der Waals surface area (Å²) in [5.41, 5.74) is 0.598. The van der Waals surface area contributed by atoms with E-state index in [9.17, 15) is 8.78 Å². The third-order valence-corrected chi connectivity index (χ3v) is 4.18. The number of aliphatic imine (C=N–C) groups is 1.